The lowest BCUT2D eigenvalue weighted by atomic mass is 9.93. The molecule has 1 heterocycles. The fourth-order valence-electron chi connectivity index (χ4n) is 2.93. The first-order chi connectivity index (χ1) is 11.8. The van der Waals surface area contributed by atoms with Crippen LogP contribution in [0.1, 0.15) is 32.8 Å². The summed E-state index contributed by atoms with van der Waals surface area (Å²) in [5.41, 5.74) is 0.387. The first kappa shape index (κ1) is 19.0. The van der Waals surface area contributed by atoms with Crippen LogP contribution in [-0.4, -0.2) is 35.7 Å². The molecule has 2 atom stereocenters. The lowest BCUT2D eigenvalue weighted by Crippen LogP contribution is -2.33. The van der Waals surface area contributed by atoms with Gasteiger partial charge in [0.15, 0.2) is 0 Å². The zero-order chi connectivity index (χ0) is 18.4. The highest BCUT2D eigenvalue weighted by molar-refractivity contribution is 5.76. The molecule has 0 bridgehead atoms. The summed E-state index contributed by atoms with van der Waals surface area (Å²) in [7, 11) is 0. The van der Waals surface area contributed by atoms with Crippen molar-refractivity contribution < 1.29 is 19.1 Å². The normalized spacial score (nSPS) is 20.2. The molecule has 1 saturated heterocycles. The average Bonchev–Trinajstić information content (AvgIpc) is 2.97. The van der Waals surface area contributed by atoms with Gasteiger partial charge < -0.3 is 14.4 Å². The van der Waals surface area contributed by atoms with E-state index in [4.69, 9.17) is 9.47 Å². The van der Waals surface area contributed by atoms with Gasteiger partial charge in [-0.15, -0.1) is 6.58 Å². The minimum atomic E-state index is -0.545. The number of esters is 1. The lowest BCUT2D eigenvalue weighted by molar-refractivity contribution is -0.160. The number of hydrogen-bond donors (Lipinski definition) is 0. The molecule has 1 aromatic carbocycles. The van der Waals surface area contributed by atoms with Crippen LogP contribution in [0.15, 0.2) is 43.0 Å². The largest absolute Gasteiger partial charge is 0.460 e. The third kappa shape index (κ3) is 5.62. The molecule has 5 nitrogen and oxygen atoms in total. The van der Waals surface area contributed by atoms with Gasteiger partial charge in [-0.3, -0.25) is 4.79 Å². The first-order valence-corrected chi connectivity index (χ1v) is 8.59. The minimum Gasteiger partial charge on any atom is -0.460 e. The number of allylic oxidation sites excluding steroid dienone is 1. The fourth-order valence-corrected chi connectivity index (χ4v) is 2.93. The Morgan fingerprint density at radius 2 is 1.92 bits per heavy atom. The van der Waals surface area contributed by atoms with Crippen LogP contribution in [0.5, 0.6) is 0 Å². The van der Waals surface area contributed by atoms with Gasteiger partial charge in [0.05, 0.1) is 5.92 Å². The van der Waals surface area contributed by atoms with E-state index >= 15 is 0 Å². The van der Waals surface area contributed by atoms with E-state index in [1.165, 1.54) is 0 Å². The van der Waals surface area contributed by atoms with Crippen LogP contribution in [0.2, 0.25) is 0 Å². The number of nitrogens with zero attached hydrogens (tertiary/aromatic N) is 1. The van der Waals surface area contributed by atoms with Crippen LogP contribution in [0.3, 0.4) is 0 Å². The van der Waals surface area contributed by atoms with Crippen molar-refractivity contribution in [1.82, 2.24) is 4.90 Å². The predicted molar refractivity (Wildman–Crippen MR) is 95.8 cm³/mol. The highest BCUT2D eigenvalue weighted by atomic mass is 16.6. The average molecular weight is 345 g/mol. The molecule has 25 heavy (non-hydrogen) atoms. The maximum absolute atomic E-state index is 12.5. The number of likely N-dealkylation sites (tertiary alicyclic amines) is 1. The van der Waals surface area contributed by atoms with E-state index in [1.807, 2.05) is 51.1 Å². The summed E-state index contributed by atoms with van der Waals surface area (Å²) in [6.07, 6.45) is 2.04. The topological polar surface area (TPSA) is 55.8 Å². The summed E-state index contributed by atoms with van der Waals surface area (Å²) in [4.78, 5) is 26.4. The van der Waals surface area contributed by atoms with Gasteiger partial charge in [0.25, 0.3) is 0 Å². The third-order valence-electron chi connectivity index (χ3n) is 4.08. The van der Waals surface area contributed by atoms with Crippen LogP contribution in [0.4, 0.5) is 4.79 Å². The van der Waals surface area contributed by atoms with E-state index in [1.54, 1.807) is 11.0 Å². The van der Waals surface area contributed by atoms with Crippen molar-refractivity contribution in [2.75, 3.05) is 13.1 Å². The summed E-state index contributed by atoms with van der Waals surface area (Å²) in [6.45, 7) is 10.3. The van der Waals surface area contributed by atoms with E-state index in [-0.39, 0.29) is 24.4 Å². The number of carbonyl (C=O) groups excluding carboxylic acids is 2. The molecule has 0 N–H and O–H groups in total. The van der Waals surface area contributed by atoms with Crippen LogP contribution in [-0.2, 0) is 20.9 Å². The number of carbonyl (C=O) groups is 2. The lowest BCUT2D eigenvalue weighted by Gasteiger charge is -2.24. The Morgan fingerprint density at radius 1 is 1.24 bits per heavy atom. The molecular weight excluding hydrogens is 318 g/mol. The fraction of sp³-hybridized carbons (Fsp3) is 0.500. The number of benzene rings is 1. The van der Waals surface area contributed by atoms with Crippen LogP contribution >= 0.6 is 0 Å². The molecule has 0 aliphatic carbocycles. The Hall–Kier alpha value is -2.30. The van der Waals surface area contributed by atoms with Gasteiger partial charge in [0, 0.05) is 13.1 Å². The van der Waals surface area contributed by atoms with Gasteiger partial charge in [0.1, 0.15) is 12.2 Å². The van der Waals surface area contributed by atoms with E-state index in [2.05, 4.69) is 6.58 Å². The number of rotatable bonds is 5. The number of amides is 1. The van der Waals surface area contributed by atoms with Crippen molar-refractivity contribution in [2.24, 2.45) is 11.8 Å². The van der Waals surface area contributed by atoms with E-state index in [0.717, 1.165) is 5.56 Å². The minimum absolute atomic E-state index is 0.0108. The van der Waals surface area contributed by atoms with Gasteiger partial charge in [0.2, 0.25) is 0 Å². The second-order valence-electron chi connectivity index (χ2n) is 7.37. The quantitative estimate of drug-likeness (QED) is 0.602. The summed E-state index contributed by atoms with van der Waals surface area (Å²) in [6, 6.07) is 9.52. The number of ether oxygens (including phenoxy) is 2. The zero-order valence-electron chi connectivity index (χ0n) is 15.2. The molecule has 2 rings (SSSR count). The van der Waals surface area contributed by atoms with Crippen molar-refractivity contribution in [1.29, 1.82) is 0 Å². The van der Waals surface area contributed by atoms with Crippen LogP contribution in [0.25, 0.3) is 0 Å². The Bertz CT molecular complexity index is 606. The summed E-state index contributed by atoms with van der Waals surface area (Å²) in [5, 5.41) is 0. The van der Waals surface area contributed by atoms with Crippen molar-refractivity contribution in [3.63, 3.8) is 0 Å². The Labute approximate surface area is 149 Å². The molecule has 0 radical (unpaired) electrons. The van der Waals surface area contributed by atoms with Gasteiger partial charge in [-0.25, -0.2) is 4.79 Å². The summed E-state index contributed by atoms with van der Waals surface area (Å²) < 4.78 is 10.9. The molecule has 0 saturated carbocycles. The number of hydrogen-bond acceptors (Lipinski definition) is 4. The molecule has 1 amide bonds. The molecule has 0 unspecified atom stereocenters. The highest BCUT2D eigenvalue weighted by Crippen LogP contribution is 2.29. The van der Waals surface area contributed by atoms with Crippen molar-refractivity contribution >= 4 is 12.1 Å². The summed E-state index contributed by atoms with van der Waals surface area (Å²) in [5.74, 6) is -0.601. The van der Waals surface area contributed by atoms with Crippen molar-refractivity contribution in [3.8, 4) is 0 Å². The Balaban J connectivity index is 1.96. The molecule has 1 aromatic rings. The Kier molecular flexibility index (Phi) is 6.23. The first-order valence-electron chi connectivity index (χ1n) is 8.59. The molecular formula is C20H27NO4. The predicted octanol–water partition coefficient (Wildman–Crippen LogP) is 3.79. The van der Waals surface area contributed by atoms with Crippen molar-refractivity contribution in [2.45, 2.75) is 39.4 Å². The smallest absolute Gasteiger partial charge is 0.410 e. The molecule has 1 fully saturated rings. The molecule has 1 aliphatic rings. The molecule has 136 valence electrons. The molecule has 0 spiro atoms. The molecule has 5 heteroatoms. The Morgan fingerprint density at radius 3 is 2.52 bits per heavy atom. The van der Waals surface area contributed by atoms with E-state index in [0.29, 0.717) is 19.5 Å². The zero-order valence-corrected chi connectivity index (χ0v) is 15.2. The van der Waals surface area contributed by atoms with Gasteiger partial charge in [-0.2, -0.15) is 0 Å². The summed E-state index contributed by atoms with van der Waals surface area (Å²) >= 11 is 0. The maximum Gasteiger partial charge on any atom is 0.410 e. The van der Waals surface area contributed by atoms with E-state index in [9.17, 15) is 9.59 Å². The molecule has 0 aromatic heterocycles. The van der Waals surface area contributed by atoms with Gasteiger partial charge >= 0.3 is 12.1 Å². The third-order valence-corrected chi connectivity index (χ3v) is 4.08. The van der Waals surface area contributed by atoms with E-state index < -0.39 is 11.7 Å². The second-order valence-corrected chi connectivity index (χ2v) is 7.37. The van der Waals surface area contributed by atoms with Crippen LogP contribution < -0.4 is 0 Å². The molecule has 1 aliphatic heterocycles. The van der Waals surface area contributed by atoms with Crippen molar-refractivity contribution in [3.05, 3.63) is 48.6 Å². The SMILES string of the molecule is C=CC[C@@H]1CN(C(=O)OCc2ccccc2)C[C@H]1C(=O)OC(C)(C)C. The maximum atomic E-state index is 12.5. The van der Waals surface area contributed by atoms with Gasteiger partial charge in [-0.05, 0) is 38.7 Å². The second kappa shape index (κ2) is 8.19. The highest BCUT2D eigenvalue weighted by Gasteiger charge is 2.41. The van der Waals surface area contributed by atoms with Crippen LogP contribution in [0, 0.1) is 11.8 Å². The van der Waals surface area contributed by atoms with Gasteiger partial charge in [-0.1, -0.05) is 36.4 Å². The monoisotopic (exact) mass is 345 g/mol. The standard InChI is InChI=1S/C20H27NO4/c1-5-9-16-12-21(13-17(16)18(22)25-20(2,3)4)19(23)24-14-15-10-7-6-8-11-15/h5-8,10-11,16-17H,1,9,12-14H2,2-4H3/t16-,17-/m1/s1.